The molecule has 0 aromatic heterocycles. The van der Waals surface area contributed by atoms with Crippen LogP contribution in [0.3, 0.4) is 0 Å². The topological polar surface area (TPSA) is 29.6 Å². The van der Waals surface area contributed by atoms with Crippen LogP contribution in [-0.2, 0) is 9.53 Å². The Balaban J connectivity index is 2.11. The Hall–Kier alpha value is 0.110. The minimum Gasteiger partial charge on any atom is -0.366 e. The summed E-state index contributed by atoms with van der Waals surface area (Å²) in [6.45, 7) is 4.38. The molecule has 1 aliphatic heterocycles. The van der Waals surface area contributed by atoms with E-state index in [1.54, 1.807) is 0 Å². The predicted molar refractivity (Wildman–Crippen MR) is 65.5 cm³/mol. The van der Waals surface area contributed by atoms with Crippen molar-refractivity contribution in [3.05, 3.63) is 0 Å². The van der Waals surface area contributed by atoms with Gasteiger partial charge in [-0.05, 0) is 19.8 Å². The minimum absolute atomic E-state index is 0.0851. The van der Waals surface area contributed by atoms with E-state index in [2.05, 4.69) is 29.8 Å². The molecule has 0 radical (unpaired) electrons. The largest absolute Gasteiger partial charge is 0.366 e. The summed E-state index contributed by atoms with van der Waals surface area (Å²) in [5, 5.41) is 0.478. The van der Waals surface area contributed by atoms with Crippen LogP contribution in [-0.4, -0.2) is 22.8 Å². The van der Waals surface area contributed by atoms with E-state index in [0.29, 0.717) is 17.9 Å². The highest BCUT2D eigenvalue weighted by Gasteiger charge is 2.50. The van der Waals surface area contributed by atoms with Gasteiger partial charge in [0, 0.05) is 6.42 Å². The van der Waals surface area contributed by atoms with Gasteiger partial charge in [0.1, 0.15) is 5.78 Å². The van der Waals surface area contributed by atoms with Gasteiger partial charge in [-0.3, -0.25) is 4.79 Å². The van der Waals surface area contributed by atoms with Gasteiger partial charge in [-0.15, -0.1) is 0 Å². The summed E-state index contributed by atoms with van der Waals surface area (Å²) in [6.07, 6.45) is 6.81. The molecule has 1 fully saturated rings. The molecule has 1 heterocycles. The van der Waals surface area contributed by atoms with E-state index in [9.17, 15) is 4.79 Å². The zero-order valence-corrected chi connectivity index (χ0v) is 11.3. The standard InChI is InChI=1S/C12H21BrO2/c1-3-4-5-8-12(2)11(15-12)7-6-10(14)9-13/h11H,3-9H2,1-2H3. The molecule has 1 aliphatic rings. The lowest BCUT2D eigenvalue weighted by atomic mass is 9.97. The van der Waals surface area contributed by atoms with E-state index in [0.717, 1.165) is 12.8 Å². The van der Waals surface area contributed by atoms with Crippen LogP contribution < -0.4 is 0 Å². The molecule has 0 aliphatic carbocycles. The molecule has 2 nitrogen and oxygen atoms in total. The van der Waals surface area contributed by atoms with E-state index in [4.69, 9.17) is 4.74 Å². The number of Topliss-reactive ketones (excluding diaryl/α,β-unsaturated/α-hetero) is 1. The maximum atomic E-state index is 11.1. The molecular weight excluding hydrogens is 256 g/mol. The Labute approximate surface area is 101 Å². The zero-order valence-electron chi connectivity index (χ0n) is 9.72. The number of halogens is 1. The van der Waals surface area contributed by atoms with Gasteiger partial charge < -0.3 is 4.74 Å². The Bertz CT molecular complexity index is 218. The van der Waals surface area contributed by atoms with E-state index in [1.807, 2.05) is 0 Å². The van der Waals surface area contributed by atoms with E-state index in [1.165, 1.54) is 19.3 Å². The van der Waals surface area contributed by atoms with Crippen LogP contribution >= 0.6 is 15.9 Å². The molecule has 0 N–H and O–H groups in total. The van der Waals surface area contributed by atoms with Gasteiger partial charge in [-0.1, -0.05) is 42.1 Å². The van der Waals surface area contributed by atoms with Crippen LogP contribution in [0.25, 0.3) is 0 Å². The maximum Gasteiger partial charge on any atom is 0.143 e. The first-order valence-electron chi connectivity index (χ1n) is 5.88. The van der Waals surface area contributed by atoms with Gasteiger partial charge in [0.15, 0.2) is 0 Å². The van der Waals surface area contributed by atoms with Crippen LogP contribution in [0.4, 0.5) is 0 Å². The molecule has 0 saturated carbocycles. The third-order valence-corrected chi connectivity index (χ3v) is 3.77. The normalized spacial score (nSPS) is 29.1. The highest BCUT2D eigenvalue weighted by Crippen LogP contribution is 2.43. The first-order chi connectivity index (χ1) is 7.12. The molecule has 2 atom stereocenters. The van der Waals surface area contributed by atoms with Crippen molar-refractivity contribution < 1.29 is 9.53 Å². The quantitative estimate of drug-likeness (QED) is 0.386. The summed E-state index contributed by atoms with van der Waals surface area (Å²) >= 11 is 3.17. The van der Waals surface area contributed by atoms with Crippen molar-refractivity contribution in [3.63, 3.8) is 0 Å². The van der Waals surface area contributed by atoms with Crippen molar-refractivity contribution >= 4 is 21.7 Å². The smallest absolute Gasteiger partial charge is 0.143 e. The SMILES string of the molecule is CCCCCC1(C)OC1CCC(=O)CBr. The minimum atomic E-state index is 0.0851. The Morgan fingerprint density at radius 2 is 2.20 bits per heavy atom. The number of epoxide rings is 1. The molecule has 1 saturated heterocycles. The number of ether oxygens (including phenoxy) is 1. The van der Waals surface area contributed by atoms with E-state index < -0.39 is 0 Å². The van der Waals surface area contributed by atoms with Gasteiger partial charge in [0.05, 0.1) is 17.0 Å². The summed E-state index contributed by atoms with van der Waals surface area (Å²) < 4.78 is 5.68. The molecule has 0 aromatic carbocycles. The number of rotatable bonds is 8. The predicted octanol–water partition coefficient (Wildman–Crippen LogP) is 3.47. The van der Waals surface area contributed by atoms with Crippen molar-refractivity contribution in [2.24, 2.45) is 0 Å². The highest BCUT2D eigenvalue weighted by atomic mass is 79.9. The Kier molecular flexibility index (Phi) is 5.27. The van der Waals surface area contributed by atoms with Crippen molar-refractivity contribution in [2.45, 2.75) is 64.1 Å². The van der Waals surface area contributed by atoms with Crippen LogP contribution in [0.5, 0.6) is 0 Å². The summed E-state index contributed by atoms with van der Waals surface area (Å²) in [6, 6.07) is 0. The highest BCUT2D eigenvalue weighted by molar-refractivity contribution is 9.09. The van der Waals surface area contributed by atoms with Crippen molar-refractivity contribution in [1.29, 1.82) is 0 Å². The molecule has 3 heteroatoms. The summed E-state index contributed by atoms with van der Waals surface area (Å²) in [5.41, 5.74) is 0.0851. The summed E-state index contributed by atoms with van der Waals surface area (Å²) in [7, 11) is 0. The molecule has 88 valence electrons. The maximum absolute atomic E-state index is 11.1. The van der Waals surface area contributed by atoms with Crippen molar-refractivity contribution in [2.75, 3.05) is 5.33 Å². The third kappa shape index (κ3) is 4.23. The first-order valence-corrected chi connectivity index (χ1v) is 7.00. The molecule has 0 aromatic rings. The molecule has 1 rings (SSSR count). The van der Waals surface area contributed by atoms with Crippen LogP contribution in [0, 0.1) is 0 Å². The molecule has 15 heavy (non-hydrogen) atoms. The van der Waals surface area contributed by atoms with Gasteiger partial charge >= 0.3 is 0 Å². The van der Waals surface area contributed by atoms with E-state index in [-0.39, 0.29) is 11.4 Å². The Morgan fingerprint density at radius 3 is 2.80 bits per heavy atom. The lowest BCUT2D eigenvalue weighted by Gasteiger charge is -2.04. The van der Waals surface area contributed by atoms with Crippen molar-refractivity contribution in [3.8, 4) is 0 Å². The lowest BCUT2D eigenvalue weighted by molar-refractivity contribution is -0.116. The number of carbonyl (C=O) groups excluding carboxylic acids is 1. The van der Waals surface area contributed by atoms with Crippen LogP contribution in [0.15, 0.2) is 0 Å². The third-order valence-electron chi connectivity index (χ3n) is 3.15. The number of unbranched alkanes of at least 4 members (excludes halogenated alkanes) is 2. The number of hydrogen-bond donors (Lipinski definition) is 0. The van der Waals surface area contributed by atoms with Crippen molar-refractivity contribution in [1.82, 2.24) is 0 Å². The molecule has 0 bridgehead atoms. The molecule has 0 amide bonds. The number of hydrogen-bond acceptors (Lipinski definition) is 2. The lowest BCUT2D eigenvalue weighted by Crippen LogP contribution is -2.11. The number of carbonyl (C=O) groups is 1. The number of ketones is 1. The fourth-order valence-electron chi connectivity index (χ4n) is 1.96. The zero-order chi connectivity index (χ0) is 11.3. The van der Waals surface area contributed by atoms with Gasteiger partial charge in [0.25, 0.3) is 0 Å². The van der Waals surface area contributed by atoms with Crippen LogP contribution in [0.2, 0.25) is 0 Å². The van der Waals surface area contributed by atoms with Crippen LogP contribution in [0.1, 0.15) is 52.4 Å². The Morgan fingerprint density at radius 1 is 1.47 bits per heavy atom. The number of alkyl halides is 1. The van der Waals surface area contributed by atoms with E-state index >= 15 is 0 Å². The fraction of sp³-hybridized carbons (Fsp3) is 0.917. The molecule has 0 spiro atoms. The average Bonchev–Trinajstić information content (AvgIpc) is 2.87. The summed E-state index contributed by atoms with van der Waals surface area (Å²) in [5.74, 6) is 0.279. The second-order valence-corrected chi connectivity index (χ2v) is 5.15. The molecular formula is C12H21BrO2. The van der Waals surface area contributed by atoms with Gasteiger partial charge in [0.2, 0.25) is 0 Å². The first kappa shape index (κ1) is 13.2. The van der Waals surface area contributed by atoms with Gasteiger partial charge in [-0.25, -0.2) is 0 Å². The second-order valence-electron chi connectivity index (χ2n) is 4.59. The monoisotopic (exact) mass is 276 g/mol. The second kappa shape index (κ2) is 6.00. The fourth-order valence-corrected chi connectivity index (χ4v) is 2.24. The molecule has 2 unspecified atom stereocenters. The van der Waals surface area contributed by atoms with Gasteiger partial charge in [-0.2, -0.15) is 0 Å². The average molecular weight is 277 g/mol. The summed E-state index contributed by atoms with van der Waals surface area (Å²) in [4.78, 5) is 11.1.